The van der Waals surface area contributed by atoms with Gasteiger partial charge in [-0.05, 0) is 60.5 Å². The Balaban J connectivity index is 1.49. The van der Waals surface area contributed by atoms with Gasteiger partial charge in [-0.2, -0.15) is 0 Å². The Labute approximate surface area is 179 Å². The third kappa shape index (κ3) is 3.85. The molecule has 0 bridgehead atoms. The number of ketones is 1. The number of aryl methyl sites for hydroxylation is 2. The second kappa shape index (κ2) is 7.85. The lowest BCUT2D eigenvalue weighted by Crippen LogP contribution is -2.34. The monoisotopic (exact) mass is 443 g/mol. The number of hydrogen-bond acceptors (Lipinski definition) is 6. The zero-order valence-corrected chi connectivity index (χ0v) is 18.3. The number of Topliss-reactive ketones (excluding diaryl/α,β-unsaturated/α-hetero) is 1. The Hall–Kier alpha value is -2.71. The molecule has 0 aliphatic carbocycles. The average Bonchev–Trinajstić information content (AvgIpc) is 3.07. The van der Waals surface area contributed by atoms with Crippen molar-refractivity contribution in [3.63, 3.8) is 0 Å². The van der Waals surface area contributed by atoms with Crippen molar-refractivity contribution in [1.82, 2.24) is 0 Å². The van der Waals surface area contributed by atoms with E-state index in [0.717, 1.165) is 21.2 Å². The van der Waals surface area contributed by atoms with Gasteiger partial charge in [-0.25, -0.2) is 13.2 Å². The lowest BCUT2D eigenvalue weighted by Gasteiger charge is -2.29. The van der Waals surface area contributed by atoms with Crippen molar-refractivity contribution >= 4 is 48.9 Å². The molecule has 0 unspecified atom stereocenters. The number of rotatable bonds is 5. The molecule has 0 spiro atoms. The number of thiophene rings is 1. The smallest absolute Gasteiger partial charge is 0.349 e. The topological polar surface area (TPSA) is 80.8 Å². The zero-order chi connectivity index (χ0) is 21.5. The molecule has 0 atom stereocenters. The number of ether oxygens (including phenoxy) is 1. The number of fused-ring (bicyclic) bond motifs is 2. The molecule has 0 radical (unpaired) electrons. The minimum atomic E-state index is -3.36. The summed E-state index contributed by atoms with van der Waals surface area (Å²) in [5.41, 5.74) is 2.68. The van der Waals surface area contributed by atoms with E-state index in [1.807, 2.05) is 31.2 Å². The van der Waals surface area contributed by atoms with Crippen molar-refractivity contribution in [2.24, 2.45) is 0 Å². The average molecular weight is 444 g/mol. The first-order valence-electron chi connectivity index (χ1n) is 9.55. The Bertz CT molecular complexity index is 1260. The molecule has 30 heavy (non-hydrogen) atoms. The summed E-state index contributed by atoms with van der Waals surface area (Å²) in [4.78, 5) is 25.6. The van der Waals surface area contributed by atoms with Gasteiger partial charge < -0.3 is 4.74 Å². The van der Waals surface area contributed by atoms with Crippen molar-refractivity contribution in [2.45, 2.75) is 19.8 Å². The molecule has 6 nitrogen and oxygen atoms in total. The van der Waals surface area contributed by atoms with E-state index in [0.29, 0.717) is 35.5 Å². The van der Waals surface area contributed by atoms with E-state index < -0.39 is 16.0 Å². The molecule has 4 rings (SSSR count). The van der Waals surface area contributed by atoms with E-state index in [9.17, 15) is 18.0 Å². The number of benzene rings is 2. The van der Waals surface area contributed by atoms with Gasteiger partial charge in [-0.3, -0.25) is 9.10 Å². The van der Waals surface area contributed by atoms with Crippen molar-refractivity contribution < 1.29 is 22.7 Å². The van der Waals surface area contributed by atoms with Gasteiger partial charge in [0.1, 0.15) is 4.88 Å². The van der Waals surface area contributed by atoms with E-state index in [-0.39, 0.29) is 12.4 Å². The molecule has 0 N–H and O–H groups in total. The molecule has 2 aromatic carbocycles. The minimum absolute atomic E-state index is 0.318. The van der Waals surface area contributed by atoms with Crippen LogP contribution in [0.2, 0.25) is 0 Å². The molecule has 0 amide bonds. The Morgan fingerprint density at radius 1 is 1.17 bits per heavy atom. The van der Waals surface area contributed by atoms with Crippen LogP contribution in [0.15, 0.2) is 42.5 Å². The van der Waals surface area contributed by atoms with E-state index in [2.05, 4.69) is 0 Å². The standard InChI is InChI=1S/C22H21NO5S2/c1-14-17-7-3-4-8-20(17)29-21(14)22(25)28-13-19(24)16-9-10-18-15(12-16)6-5-11-23(18)30(2,26)27/h3-4,7-10,12H,5-6,11,13H2,1-2H3. The first kappa shape index (κ1) is 20.6. The van der Waals surface area contributed by atoms with Gasteiger partial charge in [-0.15, -0.1) is 11.3 Å². The van der Waals surface area contributed by atoms with E-state index >= 15 is 0 Å². The van der Waals surface area contributed by atoms with Crippen molar-refractivity contribution in [3.8, 4) is 0 Å². The number of esters is 1. The van der Waals surface area contributed by atoms with Gasteiger partial charge in [0.2, 0.25) is 10.0 Å². The lowest BCUT2D eigenvalue weighted by atomic mass is 9.99. The molecule has 0 fully saturated rings. The van der Waals surface area contributed by atoms with Crippen LogP contribution in [0.1, 0.15) is 37.6 Å². The third-order valence-electron chi connectivity index (χ3n) is 5.24. The number of carbonyl (C=O) groups is 2. The maximum Gasteiger partial charge on any atom is 0.349 e. The molecule has 2 heterocycles. The highest BCUT2D eigenvalue weighted by Gasteiger charge is 2.25. The molecule has 156 valence electrons. The summed E-state index contributed by atoms with van der Waals surface area (Å²) >= 11 is 1.35. The van der Waals surface area contributed by atoms with Crippen LogP contribution in [-0.2, 0) is 21.2 Å². The molecule has 0 saturated carbocycles. The van der Waals surface area contributed by atoms with Gasteiger partial charge in [-0.1, -0.05) is 18.2 Å². The molecule has 8 heteroatoms. The number of anilines is 1. The van der Waals surface area contributed by atoms with E-state index in [1.165, 1.54) is 21.9 Å². The quantitative estimate of drug-likeness (QED) is 0.440. The third-order valence-corrected chi connectivity index (χ3v) is 7.67. The van der Waals surface area contributed by atoms with Crippen LogP contribution in [0, 0.1) is 6.92 Å². The first-order chi connectivity index (χ1) is 14.3. The second-order valence-corrected chi connectivity index (χ2v) is 10.3. The molecular weight excluding hydrogens is 422 g/mol. The lowest BCUT2D eigenvalue weighted by molar-refractivity contribution is 0.0479. The Kier molecular flexibility index (Phi) is 5.38. The van der Waals surface area contributed by atoms with Crippen LogP contribution in [-0.4, -0.2) is 39.6 Å². The SMILES string of the molecule is Cc1c(C(=O)OCC(=O)c2ccc3c(c2)CCCN3S(C)(=O)=O)sc2ccccc12. The Morgan fingerprint density at radius 3 is 2.67 bits per heavy atom. The normalized spacial score (nSPS) is 13.9. The summed E-state index contributed by atoms with van der Waals surface area (Å²) in [7, 11) is -3.36. The predicted octanol–water partition coefficient (Wildman–Crippen LogP) is 3.96. The van der Waals surface area contributed by atoms with Gasteiger partial charge in [0.25, 0.3) is 0 Å². The first-order valence-corrected chi connectivity index (χ1v) is 12.2. The molecule has 3 aromatic rings. The predicted molar refractivity (Wildman–Crippen MR) is 118 cm³/mol. The van der Waals surface area contributed by atoms with E-state index in [4.69, 9.17) is 4.74 Å². The minimum Gasteiger partial charge on any atom is -0.453 e. The van der Waals surface area contributed by atoms with Crippen LogP contribution in [0.3, 0.4) is 0 Å². The summed E-state index contributed by atoms with van der Waals surface area (Å²) in [5, 5.41) is 1.01. The van der Waals surface area contributed by atoms with Gasteiger partial charge >= 0.3 is 5.97 Å². The zero-order valence-electron chi connectivity index (χ0n) is 16.7. The molecule has 1 aliphatic heterocycles. The molecular formula is C22H21NO5S2. The second-order valence-electron chi connectivity index (χ2n) is 7.33. The summed E-state index contributed by atoms with van der Waals surface area (Å²) in [6.07, 6.45) is 2.57. The number of hydrogen-bond donors (Lipinski definition) is 0. The number of sulfonamides is 1. The van der Waals surface area contributed by atoms with Crippen LogP contribution in [0.4, 0.5) is 5.69 Å². The van der Waals surface area contributed by atoms with Gasteiger partial charge in [0.05, 0.1) is 11.9 Å². The Morgan fingerprint density at radius 2 is 1.93 bits per heavy atom. The maximum absolute atomic E-state index is 12.6. The molecule has 0 saturated heterocycles. The fourth-order valence-corrected chi connectivity index (χ4v) is 5.83. The van der Waals surface area contributed by atoms with Crippen LogP contribution in [0.5, 0.6) is 0 Å². The summed E-state index contributed by atoms with van der Waals surface area (Å²) in [6.45, 7) is 1.95. The van der Waals surface area contributed by atoms with Gasteiger partial charge in [0, 0.05) is 16.8 Å². The summed E-state index contributed by atoms with van der Waals surface area (Å²) in [5.74, 6) is -0.829. The summed E-state index contributed by atoms with van der Waals surface area (Å²) < 4.78 is 31.6. The van der Waals surface area contributed by atoms with Crippen LogP contribution < -0.4 is 4.31 Å². The maximum atomic E-state index is 12.6. The van der Waals surface area contributed by atoms with Crippen molar-refractivity contribution in [2.75, 3.05) is 23.7 Å². The van der Waals surface area contributed by atoms with Crippen molar-refractivity contribution in [3.05, 3.63) is 64.0 Å². The fraction of sp³-hybridized carbons (Fsp3) is 0.273. The molecule has 1 aliphatic rings. The van der Waals surface area contributed by atoms with Crippen molar-refractivity contribution in [1.29, 1.82) is 0 Å². The molecule has 1 aromatic heterocycles. The highest BCUT2D eigenvalue weighted by atomic mass is 32.2. The van der Waals surface area contributed by atoms with Crippen LogP contribution >= 0.6 is 11.3 Å². The summed E-state index contributed by atoms with van der Waals surface area (Å²) in [6, 6.07) is 12.7. The van der Waals surface area contributed by atoms with E-state index in [1.54, 1.807) is 18.2 Å². The largest absolute Gasteiger partial charge is 0.453 e. The number of carbonyl (C=O) groups excluding carboxylic acids is 2. The highest BCUT2D eigenvalue weighted by molar-refractivity contribution is 7.92. The number of nitrogens with zero attached hydrogens (tertiary/aromatic N) is 1. The van der Waals surface area contributed by atoms with Gasteiger partial charge in [0.15, 0.2) is 12.4 Å². The fourth-order valence-electron chi connectivity index (χ4n) is 3.73. The highest BCUT2D eigenvalue weighted by Crippen LogP contribution is 2.32. The van der Waals surface area contributed by atoms with Crippen LogP contribution in [0.25, 0.3) is 10.1 Å².